The summed E-state index contributed by atoms with van der Waals surface area (Å²) in [6, 6.07) is -0.702. The fourth-order valence-corrected chi connectivity index (χ4v) is 5.94. The van der Waals surface area contributed by atoms with Crippen LogP contribution in [0, 0.1) is 0 Å². The second kappa shape index (κ2) is 24.0. The first-order valence-electron chi connectivity index (χ1n) is 14.5. The molecule has 0 aromatic rings. The van der Waals surface area contributed by atoms with Crippen molar-refractivity contribution < 1.29 is 22.7 Å². The Hall–Kier alpha value is -1.06. The molecule has 0 heterocycles. The molecule has 0 saturated heterocycles. The summed E-state index contributed by atoms with van der Waals surface area (Å²) in [6.45, 7) is 3.60. The molecule has 0 aliphatic heterocycles. The van der Waals surface area contributed by atoms with Crippen LogP contribution in [0.15, 0.2) is 0 Å². The summed E-state index contributed by atoms with van der Waals surface area (Å²) in [7, 11) is -3.75. The lowest BCUT2D eigenvalue weighted by Crippen LogP contribution is -2.54. The molecular weight excluding hydrogens is 514 g/mol. The van der Waals surface area contributed by atoms with Crippen molar-refractivity contribution in [1.82, 2.24) is 10.0 Å². The van der Waals surface area contributed by atoms with Gasteiger partial charge in [-0.25, -0.2) is 13.2 Å². The molecule has 0 saturated carbocycles. The number of alkyl halides is 1. The van der Waals surface area contributed by atoms with Crippen molar-refractivity contribution in [3.8, 4) is 0 Å². The van der Waals surface area contributed by atoms with Crippen molar-refractivity contribution in [2.45, 2.75) is 148 Å². The zero-order valence-electron chi connectivity index (χ0n) is 23.4. The third kappa shape index (κ3) is 23.8. The molecule has 2 atom stereocenters. The number of carbonyl (C=O) groups excluding carboxylic acids is 2. The Morgan fingerprint density at radius 2 is 1.22 bits per heavy atom. The van der Waals surface area contributed by atoms with Crippen LogP contribution in [0.1, 0.15) is 136 Å². The third-order valence-corrected chi connectivity index (χ3v) is 8.14. The van der Waals surface area contributed by atoms with Crippen LogP contribution in [-0.4, -0.2) is 44.3 Å². The molecule has 0 bridgehead atoms. The standard InChI is InChI=1S/C27H54ClN3O5S/c1-3-4-5-6-7-8-9-10-11-12-13-14-15-16-17-18-19-21-25(30-24(2)32)26(36-27(29)33)31-37(34,35)23-20-22-28/h25-26,31H,3-23H2,1-2H3,(H2,29,33)(H,30,32). The average molecular weight is 568 g/mol. The Kier molecular flexibility index (Phi) is 23.3. The highest BCUT2D eigenvalue weighted by Gasteiger charge is 2.29. The highest BCUT2D eigenvalue weighted by atomic mass is 35.5. The average Bonchev–Trinajstić information content (AvgIpc) is 2.83. The van der Waals surface area contributed by atoms with Crippen LogP contribution in [0.25, 0.3) is 0 Å². The minimum atomic E-state index is -3.75. The van der Waals surface area contributed by atoms with Crippen molar-refractivity contribution in [3.63, 3.8) is 0 Å². The number of halogens is 1. The summed E-state index contributed by atoms with van der Waals surface area (Å²) < 4.78 is 31.9. The summed E-state index contributed by atoms with van der Waals surface area (Å²) in [4.78, 5) is 23.1. The van der Waals surface area contributed by atoms with Gasteiger partial charge in [-0.05, 0) is 12.8 Å². The molecule has 0 aromatic heterocycles. The lowest BCUT2D eigenvalue weighted by Gasteiger charge is -2.27. The third-order valence-electron chi connectivity index (χ3n) is 6.46. The topological polar surface area (TPSA) is 128 Å². The number of unbranched alkanes of at least 4 members (excludes halogenated alkanes) is 16. The van der Waals surface area contributed by atoms with E-state index >= 15 is 0 Å². The molecule has 0 fully saturated rings. The van der Waals surface area contributed by atoms with E-state index in [0.717, 1.165) is 25.7 Å². The van der Waals surface area contributed by atoms with E-state index in [-0.39, 0.29) is 24.0 Å². The number of nitrogens with two attached hydrogens (primary N) is 1. The highest BCUT2D eigenvalue weighted by Crippen LogP contribution is 2.16. The monoisotopic (exact) mass is 567 g/mol. The lowest BCUT2D eigenvalue weighted by atomic mass is 10.0. The zero-order chi connectivity index (χ0) is 27.8. The number of amides is 2. The van der Waals surface area contributed by atoms with Gasteiger partial charge < -0.3 is 15.8 Å². The second-order valence-corrected chi connectivity index (χ2v) is 12.3. The number of hydrogen-bond donors (Lipinski definition) is 3. The normalized spacial score (nSPS) is 13.3. The van der Waals surface area contributed by atoms with Gasteiger partial charge >= 0.3 is 6.09 Å². The molecule has 8 nitrogen and oxygen atoms in total. The molecule has 4 N–H and O–H groups in total. The zero-order valence-corrected chi connectivity index (χ0v) is 25.0. The first-order valence-corrected chi connectivity index (χ1v) is 16.7. The summed E-state index contributed by atoms with van der Waals surface area (Å²) in [5.74, 6) is -0.354. The van der Waals surface area contributed by atoms with Crippen LogP contribution >= 0.6 is 11.6 Å². The number of sulfonamides is 1. The molecule has 220 valence electrons. The first kappa shape index (κ1) is 35.9. The Bertz CT molecular complexity index is 679. The number of carbonyl (C=O) groups is 2. The van der Waals surface area contributed by atoms with E-state index in [1.165, 1.54) is 90.4 Å². The molecule has 2 amide bonds. The largest absolute Gasteiger partial charge is 0.427 e. The minimum absolute atomic E-state index is 0.191. The molecule has 10 heteroatoms. The van der Waals surface area contributed by atoms with E-state index in [1.54, 1.807) is 0 Å². The Morgan fingerprint density at radius 1 is 0.784 bits per heavy atom. The molecule has 0 spiro atoms. The molecule has 0 aromatic carbocycles. The van der Waals surface area contributed by atoms with E-state index < -0.39 is 28.4 Å². The van der Waals surface area contributed by atoms with Crippen LogP contribution in [0.3, 0.4) is 0 Å². The van der Waals surface area contributed by atoms with E-state index in [1.807, 2.05) is 0 Å². The predicted octanol–water partition coefficient (Wildman–Crippen LogP) is 6.50. The van der Waals surface area contributed by atoms with Gasteiger partial charge in [0.2, 0.25) is 15.9 Å². The molecular formula is C27H54ClN3O5S. The smallest absolute Gasteiger partial charge is 0.406 e. The fraction of sp³-hybridized carbons (Fsp3) is 0.926. The highest BCUT2D eigenvalue weighted by molar-refractivity contribution is 7.89. The molecule has 0 aliphatic carbocycles. The maximum absolute atomic E-state index is 12.3. The second-order valence-electron chi connectivity index (χ2n) is 10.1. The number of ether oxygens (including phenoxy) is 1. The fourth-order valence-electron chi connectivity index (χ4n) is 4.44. The molecule has 2 unspecified atom stereocenters. The molecule has 0 radical (unpaired) electrons. The van der Waals surface area contributed by atoms with Crippen LogP contribution in [0.5, 0.6) is 0 Å². The van der Waals surface area contributed by atoms with Crippen LogP contribution in [-0.2, 0) is 19.6 Å². The van der Waals surface area contributed by atoms with Gasteiger partial charge in [-0.2, -0.15) is 4.72 Å². The predicted molar refractivity (Wildman–Crippen MR) is 153 cm³/mol. The number of hydrogen-bond acceptors (Lipinski definition) is 5. The van der Waals surface area contributed by atoms with Gasteiger partial charge in [-0.15, -0.1) is 11.6 Å². The quantitative estimate of drug-likeness (QED) is 0.0624. The molecule has 37 heavy (non-hydrogen) atoms. The Balaban J connectivity index is 4.11. The van der Waals surface area contributed by atoms with Gasteiger partial charge in [-0.3, -0.25) is 4.79 Å². The Labute approximate surface area is 231 Å². The van der Waals surface area contributed by atoms with Crippen molar-refractivity contribution in [1.29, 1.82) is 0 Å². The van der Waals surface area contributed by atoms with Gasteiger partial charge in [-0.1, -0.05) is 116 Å². The maximum atomic E-state index is 12.3. The van der Waals surface area contributed by atoms with Gasteiger partial charge in [0.1, 0.15) is 0 Å². The van der Waals surface area contributed by atoms with E-state index in [4.69, 9.17) is 22.1 Å². The van der Waals surface area contributed by atoms with Crippen molar-refractivity contribution in [3.05, 3.63) is 0 Å². The van der Waals surface area contributed by atoms with Gasteiger partial charge in [0, 0.05) is 12.8 Å². The summed E-state index contributed by atoms with van der Waals surface area (Å²) in [5.41, 5.74) is 5.15. The molecule has 0 rings (SSSR count). The maximum Gasteiger partial charge on any atom is 0.406 e. The lowest BCUT2D eigenvalue weighted by molar-refractivity contribution is -0.120. The van der Waals surface area contributed by atoms with E-state index in [9.17, 15) is 18.0 Å². The van der Waals surface area contributed by atoms with Gasteiger partial charge in [0.15, 0.2) is 6.23 Å². The summed E-state index contributed by atoms with van der Waals surface area (Å²) >= 11 is 5.59. The summed E-state index contributed by atoms with van der Waals surface area (Å²) in [6.07, 6.45) is 19.8. The first-order chi connectivity index (χ1) is 17.7. The Morgan fingerprint density at radius 3 is 1.59 bits per heavy atom. The van der Waals surface area contributed by atoms with Crippen LogP contribution < -0.4 is 15.8 Å². The van der Waals surface area contributed by atoms with Crippen molar-refractivity contribution >= 4 is 33.6 Å². The van der Waals surface area contributed by atoms with Crippen molar-refractivity contribution in [2.24, 2.45) is 5.73 Å². The number of primary amides is 1. The number of rotatable bonds is 26. The van der Waals surface area contributed by atoms with Crippen LogP contribution in [0.4, 0.5) is 4.79 Å². The van der Waals surface area contributed by atoms with Gasteiger partial charge in [0.25, 0.3) is 0 Å². The SMILES string of the molecule is CCCCCCCCCCCCCCCCCCCC(NC(C)=O)C(NS(=O)(=O)CCCCl)OC(N)=O. The summed E-state index contributed by atoms with van der Waals surface area (Å²) in [5, 5.41) is 2.69. The van der Waals surface area contributed by atoms with Crippen molar-refractivity contribution in [2.75, 3.05) is 11.6 Å². The van der Waals surface area contributed by atoms with E-state index in [0.29, 0.717) is 6.42 Å². The number of nitrogens with one attached hydrogen (secondary N) is 2. The minimum Gasteiger partial charge on any atom is -0.427 e. The van der Waals surface area contributed by atoms with Crippen LogP contribution in [0.2, 0.25) is 0 Å². The van der Waals surface area contributed by atoms with E-state index in [2.05, 4.69) is 17.0 Å². The van der Waals surface area contributed by atoms with Gasteiger partial charge in [0.05, 0.1) is 11.8 Å². The molecule has 0 aliphatic rings.